The molecule has 0 saturated carbocycles. The Morgan fingerprint density at radius 2 is 2.24 bits per heavy atom. The maximum atomic E-state index is 12.2. The number of aromatic amines is 1. The minimum absolute atomic E-state index is 0.162. The fourth-order valence-corrected chi connectivity index (χ4v) is 2.31. The summed E-state index contributed by atoms with van der Waals surface area (Å²) in [6, 6.07) is 5.89. The molecule has 3 aromatic rings. The number of carbonyl (C=O) groups is 1. The van der Waals surface area contributed by atoms with Gasteiger partial charge in [0.15, 0.2) is 5.69 Å². The first-order valence-electron chi connectivity index (χ1n) is 6.86. The molecule has 2 aromatic heterocycles. The molecule has 0 spiro atoms. The minimum atomic E-state index is -0.162. The zero-order valence-electron chi connectivity index (χ0n) is 12.1. The molecular formula is C15H17N5O. The number of aromatic nitrogens is 4. The van der Waals surface area contributed by atoms with Gasteiger partial charge in [-0.1, -0.05) is 11.6 Å². The normalized spacial score (nSPS) is 11.0. The van der Waals surface area contributed by atoms with E-state index in [2.05, 4.69) is 20.5 Å². The first-order chi connectivity index (χ1) is 10.1. The molecule has 0 saturated heterocycles. The lowest BCUT2D eigenvalue weighted by Crippen LogP contribution is -2.27. The molecule has 0 unspecified atom stereocenters. The van der Waals surface area contributed by atoms with Crippen LogP contribution in [0.2, 0.25) is 0 Å². The number of fused-ring (bicyclic) bond motifs is 1. The second kappa shape index (κ2) is 5.40. The third-order valence-corrected chi connectivity index (χ3v) is 3.50. The number of imidazole rings is 1. The predicted octanol–water partition coefficient (Wildman–Crippen LogP) is 1.81. The number of rotatable bonds is 4. The van der Waals surface area contributed by atoms with Crippen molar-refractivity contribution in [2.45, 2.75) is 20.4 Å². The summed E-state index contributed by atoms with van der Waals surface area (Å²) in [5.74, 6) is 0.773. The summed E-state index contributed by atoms with van der Waals surface area (Å²) in [5.41, 5.74) is 2.42. The smallest absolute Gasteiger partial charge is 0.272 e. The van der Waals surface area contributed by atoms with Crippen molar-refractivity contribution in [3.05, 3.63) is 47.7 Å². The molecular weight excluding hydrogens is 266 g/mol. The minimum Gasteiger partial charge on any atom is -0.349 e. The Bertz CT molecular complexity index is 786. The Hall–Kier alpha value is -2.63. The Kier molecular flexibility index (Phi) is 3.43. The van der Waals surface area contributed by atoms with Gasteiger partial charge in [0.25, 0.3) is 5.91 Å². The van der Waals surface area contributed by atoms with Crippen molar-refractivity contribution in [1.82, 2.24) is 25.1 Å². The van der Waals surface area contributed by atoms with Crippen molar-refractivity contribution in [1.29, 1.82) is 0 Å². The lowest BCUT2D eigenvalue weighted by Gasteiger charge is -2.06. The summed E-state index contributed by atoms with van der Waals surface area (Å²) >= 11 is 0. The molecule has 6 heteroatoms. The standard InChI is InChI=1S/C15H17N5O/c1-10-3-4-13-12(9-10)14(19-18-13)15(21)17-6-8-20-7-5-16-11(20)2/h3-5,7,9H,6,8H2,1-2H3,(H,17,21)(H,18,19). The van der Waals surface area contributed by atoms with Crippen LogP contribution < -0.4 is 5.32 Å². The van der Waals surface area contributed by atoms with Gasteiger partial charge in [-0.05, 0) is 26.0 Å². The molecule has 1 aromatic carbocycles. The van der Waals surface area contributed by atoms with Crippen LogP contribution in [0.25, 0.3) is 10.9 Å². The van der Waals surface area contributed by atoms with Crippen molar-refractivity contribution in [2.75, 3.05) is 6.54 Å². The summed E-state index contributed by atoms with van der Waals surface area (Å²) in [4.78, 5) is 16.4. The van der Waals surface area contributed by atoms with Gasteiger partial charge in [0.05, 0.1) is 5.52 Å². The van der Waals surface area contributed by atoms with E-state index < -0.39 is 0 Å². The number of nitrogens with one attached hydrogen (secondary N) is 2. The first-order valence-corrected chi connectivity index (χ1v) is 6.86. The average Bonchev–Trinajstić information content (AvgIpc) is 3.05. The van der Waals surface area contributed by atoms with Gasteiger partial charge in [0, 0.05) is 30.9 Å². The highest BCUT2D eigenvalue weighted by Gasteiger charge is 2.13. The zero-order valence-corrected chi connectivity index (χ0v) is 12.1. The molecule has 0 aliphatic heterocycles. The molecule has 0 aliphatic carbocycles. The van der Waals surface area contributed by atoms with Crippen LogP contribution >= 0.6 is 0 Å². The molecule has 0 radical (unpaired) electrons. The average molecular weight is 283 g/mol. The van der Waals surface area contributed by atoms with Crippen molar-refractivity contribution in [3.8, 4) is 0 Å². The van der Waals surface area contributed by atoms with E-state index in [0.29, 0.717) is 18.8 Å². The van der Waals surface area contributed by atoms with Gasteiger partial charge in [-0.25, -0.2) is 4.98 Å². The van der Waals surface area contributed by atoms with Gasteiger partial charge in [0.1, 0.15) is 5.82 Å². The number of amides is 1. The molecule has 108 valence electrons. The van der Waals surface area contributed by atoms with Crippen LogP contribution in [0.5, 0.6) is 0 Å². The molecule has 0 aliphatic rings. The van der Waals surface area contributed by atoms with Gasteiger partial charge < -0.3 is 9.88 Å². The maximum Gasteiger partial charge on any atom is 0.272 e. The van der Waals surface area contributed by atoms with Crippen LogP contribution in [-0.4, -0.2) is 32.2 Å². The summed E-state index contributed by atoms with van der Waals surface area (Å²) < 4.78 is 1.99. The summed E-state index contributed by atoms with van der Waals surface area (Å²) in [7, 11) is 0. The van der Waals surface area contributed by atoms with E-state index in [1.807, 2.05) is 42.8 Å². The number of aryl methyl sites for hydroxylation is 2. The van der Waals surface area contributed by atoms with E-state index in [1.165, 1.54) is 0 Å². The molecule has 1 amide bonds. The van der Waals surface area contributed by atoms with Gasteiger partial charge in [-0.15, -0.1) is 0 Å². The van der Waals surface area contributed by atoms with Crippen LogP contribution in [0.4, 0.5) is 0 Å². The SMILES string of the molecule is Cc1ccc2[nH]nc(C(=O)NCCn3ccnc3C)c2c1. The molecule has 2 N–H and O–H groups in total. The second-order valence-electron chi connectivity index (χ2n) is 5.05. The van der Waals surface area contributed by atoms with Crippen molar-refractivity contribution >= 4 is 16.8 Å². The van der Waals surface area contributed by atoms with Crippen LogP contribution in [0.15, 0.2) is 30.6 Å². The van der Waals surface area contributed by atoms with E-state index in [4.69, 9.17) is 0 Å². The maximum absolute atomic E-state index is 12.2. The molecule has 6 nitrogen and oxygen atoms in total. The molecule has 21 heavy (non-hydrogen) atoms. The number of H-pyrrole nitrogens is 1. The number of benzene rings is 1. The van der Waals surface area contributed by atoms with E-state index in [0.717, 1.165) is 22.3 Å². The first kappa shape index (κ1) is 13.4. The quantitative estimate of drug-likeness (QED) is 0.766. The Morgan fingerprint density at radius 3 is 3.00 bits per heavy atom. The van der Waals surface area contributed by atoms with Crippen molar-refractivity contribution in [2.24, 2.45) is 0 Å². The second-order valence-corrected chi connectivity index (χ2v) is 5.05. The van der Waals surface area contributed by atoms with E-state index in [9.17, 15) is 4.79 Å². The Morgan fingerprint density at radius 1 is 1.38 bits per heavy atom. The summed E-state index contributed by atoms with van der Waals surface area (Å²) in [6.07, 6.45) is 3.65. The van der Waals surface area contributed by atoms with Gasteiger partial charge >= 0.3 is 0 Å². The van der Waals surface area contributed by atoms with E-state index in [-0.39, 0.29) is 5.91 Å². The van der Waals surface area contributed by atoms with Gasteiger partial charge in [-0.2, -0.15) is 5.10 Å². The van der Waals surface area contributed by atoms with Crippen LogP contribution in [0.3, 0.4) is 0 Å². The van der Waals surface area contributed by atoms with E-state index >= 15 is 0 Å². The molecule has 3 rings (SSSR count). The van der Waals surface area contributed by atoms with E-state index in [1.54, 1.807) is 6.20 Å². The van der Waals surface area contributed by atoms with Crippen LogP contribution in [0, 0.1) is 13.8 Å². The number of nitrogens with zero attached hydrogens (tertiary/aromatic N) is 3. The fourth-order valence-electron chi connectivity index (χ4n) is 2.31. The topological polar surface area (TPSA) is 75.6 Å². The fraction of sp³-hybridized carbons (Fsp3) is 0.267. The summed E-state index contributed by atoms with van der Waals surface area (Å²) in [6.45, 7) is 5.16. The summed E-state index contributed by atoms with van der Waals surface area (Å²) in [5, 5.41) is 10.7. The predicted molar refractivity (Wildman–Crippen MR) is 80.1 cm³/mol. The Balaban J connectivity index is 1.69. The number of carbonyl (C=O) groups excluding carboxylic acids is 1. The number of hydrogen-bond donors (Lipinski definition) is 2. The Labute approximate surface area is 122 Å². The van der Waals surface area contributed by atoms with Crippen LogP contribution in [0.1, 0.15) is 21.9 Å². The molecule has 2 heterocycles. The monoisotopic (exact) mass is 283 g/mol. The largest absolute Gasteiger partial charge is 0.349 e. The molecule has 0 bridgehead atoms. The van der Waals surface area contributed by atoms with Crippen molar-refractivity contribution < 1.29 is 4.79 Å². The van der Waals surface area contributed by atoms with Gasteiger partial charge in [0.2, 0.25) is 0 Å². The van der Waals surface area contributed by atoms with Crippen LogP contribution in [-0.2, 0) is 6.54 Å². The highest BCUT2D eigenvalue weighted by atomic mass is 16.1. The molecule has 0 atom stereocenters. The van der Waals surface area contributed by atoms with Gasteiger partial charge in [-0.3, -0.25) is 9.89 Å². The third kappa shape index (κ3) is 2.65. The highest BCUT2D eigenvalue weighted by molar-refractivity contribution is 6.04. The lowest BCUT2D eigenvalue weighted by atomic mass is 10.1. The lowest BCUT2D eigenvalue weighted by molar-refractivity contribution is 0.0949. The number of hydrogen-bond acceptors (Lipinski definition) is 3. The zero-order chi connectivity index (χ0) is 14.8. The third-order valence-electron chi connectivity index (χ3n) is 3.50. The van der Waals surface area contributed by atoms with Crippen molar-refractivity contribution in [3.63, 3.8) is 0 Å². The molecule has 0 fully saturated rings. The highest BCUT2D eigenvalue weighted by Crippen LogP contribution is 2.17.